The van der Waals surface area contributed by atoms with Crippen molar-refractivity contribution in [1.29, 1.82) is 0 Å². The average molecular weight is 314 g/mol. The molecule has 1 saturated carbocycles. The van der Waals surface area contributed by atoms with Gasteiger partial charge in [0, 0.05) is 24.7 Å². The summed E-state index contributed by atoms with van der Waals surface area (Å²) in [6.45, 7) is 2.66. The molecule has 1 fully saturated rings. The molecule has 1 heterocycles. The van der Waals surface area contributed by atoms with E-state index in [9.17, 15) is 4.79 Å². The molecule has 2 aromatic rings. The molecule has 1 aromatic heterocycles. The summed E-state index contributed by atoms with van der Waals surface area (Å²) in [5.74, 6) is 3.82. The minimum absolute atomic E-state index is 0.184. The van der Waals surface area contributed by atoms with E-state index in [1.54, 1.807) is 25.1 Å². The average Bonchev–Trinajstić information content (AvgIpc) is 3.09. The number of amides is 2. The summed E-state index contributed by atoms with van der Waals surface area (Å²) in [6, 6.07) is 11.1. The fourth-order valence-corrected chi connectivity index (χ4v) is 2.62. The molecular formula is C18H22N2O3. The van der Waals surface area contributed by atoms with E-state index >= 15 is 0 Å². The van der Waals surface area contributed by atoms with Crippen molar-refractivity contribution in [2.75, 3.05) is 19.5 Å². The first kappa shape index (κ1) is 15.5. The molecule has 1 aliphatic carbocycles. The summed E-state index contributed by atoms with van der Waals surface area (Å²) in [5, 5.41) is 2.85. The van der Waals surface area contributed by atoms with Crippen LogP contribution in [0, 0.1) is 5.92 Å². The van der Waals surface area contributed by atoms with Gasteiger partial charge in [-0.3, -0.25) is 0 Å². The van der Waals surface area contributed by atoms with Crippen LogP contribution < -0.4 is 10.1 Å². The highest BCUT2D eigenvalue weighted by molar-refractivity contribution is 5.89. The van der Waals surface area contributed by atoms with E-state index < -0.39 is 0 Å². The molecule has 2 atom stereocenters. The van der Waals surface area contributed by atoms with E-state index in [1.165, 1.54) is 6.42 Å². The normalized spacial score (nSPS) is 19.3. The van der Waals surface area contributed by atoms with Crippen molar-refractivity contribution in [3.05, 3.63) is 47.9 Å². The lowest BCUT2D eigenvalue weighted by atomic mass is 10.3. The Morgan fingerprint density at radius 1 is 1.39 bits per heavy atom. The van der Waals surface area contributed by atoms with Crippen LogP contribution in [0.5, 0.6) is 5.75 Å². The quantitative estimate of drug-likeness (QED) is 0.905. The fraction of sp³-hybridized carbons (Fsp3) is 0.389. The summed E-state index contributed by atoms with van der Waals surface area (Å²) < 4.78 is 11.0. The van der Waals surface area contributed by atoms with Crippen molar-refractivity contribution in [1.82, 2.24) is 4.90 Å². The van der Waals surface area contributed by atoms with E-state index in [0.717, 1.165) is 11.5 Å². The molecule has 0 spiro atoms. The van der Waals surface area contributed by atoms with Gasteiger partial charge in [0.1, 0.15) is 17.3 Å². The van der Waals surface area contributed by atoms with E-state index in [1.807, 2.05) is 30.3 Å². The Balaban J connectivity index is 1.57. The van der Waals surface area contributed by atoms with Crippen LogP contribution >= 0.6 is 0 Å². The molecule has 1 N–H and O–H groups in total. The molecule has 0 saturated heterocycles. The van der Waals surface area contributed by atoms with Crippen molar-refractivity contribution >= 4 is 11.7 Å². The zero-order chi connectivity index (χ0) is 16.4. The second-order valence-corrected chi connectivity index (χ2v) is 6.14. The molecule has 5 heteroatoms. The second kappa shape index (κ2) is 6.36. The summed E-state index contributed by atoms with van der Waals surface area (Å²) in [7, 11) is 3.35. The number of furan rings is 1. The number of methoxy groups -OCH3 is 1. The molecular weight excluding hydrogens is 292 g/mol. The first-order valence-corrected chi connectivity index (χ1v) is 7.81. The van der Waals surface area contributed by atoms with E-state index in [2.05, 4.69) is 12.2 Å². The summed E-state index contributed by atoms with van der Waals surface area (Å²) in [5.41, 5.74) is 0.702. The molecule has 0 aliphatic heterocycles. The Labute approximate surface area is 136 Å². The summed E-state index contributed by atoms with van der Waals surface area (Å²) in [4.78, 5) is 13.8. The Kier molecular flexibility index (Phi) is 4.28. The third-order valence-corrected chi connectivity index (χ3v) is 4.22. The largest absolute Gasteiger partial charge is 0.497 e. The predicted octanol–water partition coefficient (Wildman–Crippen LogP) is 4.08. The zero-order valence-electron chi connectivity index (χ0n) is 13.7. The van der Waals surface area contributed by atoms with Crippen LogP contribution in [0.1, 0.15) is 30.8 Å². The summed E-state index contributed by atoms with van der Waals surface area (Å²) in [6.07, 6.45) is 1.19. The third-order valence-electron chi connectivity index (χ3n) is 4.22. The number of urea groups is 1. The molecule has 0 unspecified atom stereocenters. The van der Waals surface area contributed by atoms with Crippen LogP contribution in [0.15, 0.2) is 40.8 Å². The lowest BCUT2D eigenvalue weighted by Gasteiger charge is -2.17. The fourth-order valence-electron chi connectivity index (χ4n) is 2.62. The van der Waals surface area contributed by atoms with Gasteiger partial charge >= 0.3 is 6.03 Å². The zero-order valence-corrected chi connectivity index (χ0v) is 13.7. The lowest BCUT2D eigenvalue weighted by molar-refractivity contribution is 0.216. The number of ether oxygens (including phenoxy) is 1. The van der Waals surface area contributed by atoms with Crippen LogP contribution in [-0.4, -0.2) is 25.1 Å². The van der Waals surface area contributed by atoms with Crippen molar-refractivity contribution in [2.24, 2.45) is 5.92 Å². The maximum absolute atomic E-state index is 12.3. The van der Waals surface area contributed by atoms with Crippen LogP contribution in [0.3, 0.4) is 0 Å². The molecule has 3 rings (SSSR count). The number of anilines is 1. The Morgan fingerprint density at radius 2 is 2.17 bits per heavy atom. The van der Waals surface area contributed by atoms with Crippen LogP contribution in [-0.2, 0) is 6.54 Å². The lowest BCUT2D eigenvalue weighted by Crippen LogP contribution is -2.30. The van der Waals surface area contributed by atoms with Crippen molar-refractivity contribution in [3.8, 4) is 5.75 Å². The third kappa shape index (κ3) is 3.67. The van der Waals surface area contributed by atoms with E-state index in [-0.39, 0.29) is 6.03 Å². The summed E-state index contributed by atoms with van der Waals surface area (Å²) >= 11 is 0. The van der Waals surface area contributed by atoms with Crippen LogP contribution in [0.2, 0.25) is 0 Å². The second-order valence-electron chi connectivity index (χ2n) is 6.14. The van der Waals surface area contributed by atoms with Gasteiger partial charge in [0.05, 0.1) is 13.7 Å². The monoisotopic (exact) mass is 314 g/mol. The van der Waals surface area contributed by atoms with Crippen LogP contribution in [0.4, 0.5) is 10.5 Å². The SMILES string of the molecule is COc1cccc(NC(=O)N(C)Cc2ccc([C@@H]3C[C@H]3C)o2)c1. The number of nitrogens with one attached hydrogen (secondary N) is 1. The number of carbonyl (C=O) groups excluding carboxylic acids is 1. The van der Waals surface area contributed by atoms with Crippen molar-refractivity contribution < 1.29 is 13.9 Å². The molecule has 1 aliphatic rings. The molecule has 23 heavy (non-hydrogen) atoms. The molecule has 0 bridgehead atoms. The smallest absolute Gasteiger partial charge is 0.321 e. The minimum atomic E-state index is -0.184. The standard InChI is InChI=1S/C18H22N2O3/c1-12-9-16(12)17-8-7-15(23-17)11-20(2)18(21)19-13-5-4-6-14(10-13)22-3/h4-8,10,12,16H,9,11H2,1-3H3,(H,19,21)/t12-,16-/m1/s1. The van der Waals surface area contributed by atoms with Crippen LogP contribution in [0.25, 0.3) is 0 Å². The number of rotatable bonds is 5. The van der Waals surface area contributed by atoms with Gasteiger partial charge in [-0.05, 0) is 36.6 Å². The maximum atomic E-state index is 12.3. The Hall–Kier alpha value is -2.43. The van der Waals surface area contributed by atoms with Gasteiger partial charge in [-0.25, -0.2) is 4.79 Å². The molecule has 0 radical (unpaired) electrons. The number of carbonyl (C=O) groups is 1. The predicted molar refractivity (Wildman–Crippen MR) is 88.7 cm³/mol. The van der Waals surface area contributed by atoms with Gasteiger partial charge in [0.25, 0.3) is 0 Å². The highest BCUT2D eigenvalue weighted by Gasteiger charge is 2.36. The Bertz CT molecular complexity index is 695. The van der Waals surface area contributed by atoms with E-state index in [0.29, 0.717) is 29.8 Å². The number of hydrogen-bond donors (Lipinski definition) is 1. The molecule has 2 amide bonds. The van der Waals surface area contributed by atoms with Gasteiger partial charge in [-0.15, -0.1) is 0 Å². The van der Waals surface area contributed by atoms with E-state index in [4.69, 9.17) is 9.15 Å². The van der Waals surface area contributed by atoms with Gasteiger partial charge in [0.2, 0.25) is 0 Å². The first-order valence-electron chi connectivity index (χ1n) is 7.81. The minimum Gasteiger partial charge on any atom is -0.497 e. The number of hydrogen-bond acceptors (Lipinski definition) is 3. The highest BCUT2D eigenvalue weighted by Crippen LogP contribution is 2.47. The Morgan fingerprint density at radius 3 is 2.87 bits per heavy atom. The molecule has 1 aromatic carbocycles. The van der Waals surface area contributed by atoms with Gasteiger partial charge in [-0.1, -0.05) is 13.0 Å². The topological polar surface area (TPSA) is 54.7 Å². The maximum Gasteiger partial charge on any atom is 0.321 e. The molecule has 5 nitrogen and oxygen atoms in total. The molecule has 122 valence electrons. The van der Waals surface area contributed by atoms with Crippen molar-refractivity contribution in [3.63, 3.8) is 0 Å². The number of benzene rings is 1. The van der Waals surface area contributed by atoms with Gasteiger partial charge in [0.15, 0.2) is 0 Å². The number of nitrogens with zero attached hydrogens (tertiary/aromatic N) is 1. The first-order chi connectivity index (χ1) is 11.1. The van der Waals surface area contributed by atoms with Gasteiger partial charge < -0.3 is 19.4 Å². The highest BCUT2D eigenvalue weighted by atomic mass is 16.5. The van der Waals surface area contributed by atoms with Crippen molar-refractivity contribution in [2.45, 2.75) is 25.8 Å². The van der Waals surface area contributed by atoms with Gasteiger partial charge in [-0.2, -0.15) is 0 Å².